The minimum Gasteiger partial charge on any atom is -0.0471 e. The van der Waals surface area contributed by atoms with Crippen LogP contribution in [0.2, 0.25) is 0 Å². The van der Waals surface area contributed by atoms with Crippen LogP contribution in [0, 0.1) is 0 Å². The molecule has 0 fully saturated rings. The highest BCUT2D eigenvalue weighted by Gasteiger charge is 2.08. The minimum atomic E-state index is -0.250. The van der Waals surface area contributed by atoms with Crippen LogP contribution >= 0.6 is 127 Å². The monoisotopic (exact) mass is 655 g/mol. The third kappa shape index (κ3) is 94.4. The highest BCUT2D eigenvalue weighted by Crippen LogP contribution is 2.39. The van der Waals surface area contributed by atoms with Crippen LogP contribution in [-0.2, 0) is 0 Å². The Labute approximate surface area is 127 Å². The van der Waals surface area contributed by atoms with E-state index in [1.165, 1.54) is 0 Å². The summed E-state index contributed by atoms with van der Waals surface area (Å²) >= 11 is 25.0. The van der Waals surface area contributed by atoms with Crippen LogP contribution in [0.5, 0.6) is 0 Å². The van der Waals surface area contributed by atoms with E-state index in [1.807, 2.05) is 0 Å². The van der Waals surface area contributed by atoms with Gasteiger partial charge in [0.05, 0.1) is 0 Å². The van der Waals surface area contributed by atoms with Crippen molar-refractivity contribution in [1.29, 1.82) is 0 Å². The second-order valence-electron chi connectivity index (χ2n) is 0.857. The first-order chi connectivity index (χ1) is 4.00. The van der Waals surface area contributed by atoms with Gasteiger partial charge in [0.15, 0.2) is 2.10 Å². The van der Waals surface area contributed by atoms with Crippen molar-refractivity contribution in [3.05, 3.63) is 0 Å². The maximum absolute atomic E-state index is 3.12. The molecule has 0 rings (SSSR count). The quantitative estimate of drug-likeness (QED) is 0.265. The summed E-state index contributed by atoms with van der Waals surface area (Å²) in [6.45, 7) is 0. The van der Waals surface area contributed by atoms with Gasteiger partial charge in [0, 0.05) is 0 Å². The molecule has 0 aliphatic carbocycles. The van der Waals surface area contributed by atoms with Crippen LogP contribution in [0.1, 0.15) is 0 Å². The Balaban J connectivity index is 0. The molecule has 0 amide bonds. The zero-order valence-electron chi connectivity index (χ0n) is 4.02. The maximum Gasteiger partial charge on any atom is 0.189 e. The van der Waals surface area contributed by atoms with E-state index in [0.717, 1.165) is 0 Å². The van der Waals surface area contributed by atoms with E-state index in [2.05, 4.69) is 127 Å². The van der Waals surface area contributed by atoms with Crippen molar-refractivity contribution in [3.8, 4) is 0 Å². The summed E-state index contributed by atoms with van der Waals surface area (Å²) in [5.41, 5.74) is 0. The van der Waals surface area contributed by atoms with Crippen molar-refractivity contribution < 1.29 is 0 Å². The Morgan fingerprint density at radius 1 is 0.400 bits per heavy atom. The van der Waals surface area contributed by atoms with Crippen LogP contribution in [-0.4, -0.2) is 2.10 Å². The van der Waals surface area contributed by atoms with E-state index in [-0.39, 0.29) is 2.10 Å². The molecule has 0 bridgehead atoms. The van der Waals surface area contributed by atoms with Crippen LogP contribution in [0.25, 0.3) is 0 Å². The molecule has 64 valence electrons. The van der Waals surface area contributed by atoms with Crippen LogP contribution in [0.4, 0.5) is 0 Å². The lowest BCUT2D eigenvalue weighted by Crippen LogP contribution is -1.75. The molecule has 0 aromatic carbocycles. The predicted molar refractivity (Wildman–Crippen MR) is 76.9 cm³/mol. The fourth-order valence-electron chi connectivity index (χ4n) is 0. The van der Waals surface area contributed by atoms with Crippen molar-refractivity contribution in [2.24, 2.45) is 0 Å². The van der Waals surface area contributed by atoms with E-state index in [4.69, 9.17) is 0 Å². The molecular weight excluding hydrogens is 663 g/mol. The molecule has 0 saturated heterocycles. The topological polar surface area (TPSA) is 0 Å². The van der Waals surface area contributed by atoms with Gasteiger partial charge < -0.3 is 0 Å². The minimum absolute atomic E-state index is 0.250. The first-order valence-corrected chi connectivity index (χ1v) is 7.86. The molecule has 10 heavy (non-hydrogen) atoms. The summed E-state index contributed by atoms with van der Waals surface area (Å²) in [7, 11) is 0. The average Bonchev–Trinajstić information content (AvgIpc) is 1.12. The highest BCUT2D eigenvalue weighted by atomic mass is 80.0. The van der Waals surface area contributed by atoms with Gasteiger partial charge in [0.25, 0.3) is 0 Å². The van der Waals surface area contributed by atoms with Gasteiger partial charge in [-0.1, -0.05) is 0 Å². The SMILES string of the molecule is BrC(Br)(Br)Br.BrC(Br)(Br)Br. The number of alkyl halides is 8. The lowest BCUT2D eigenvalue weighted by atomic mass is 12.0. The lowest BCUT2D eigenvalue weighted by Gasteiger charge is -1.93. The lowest BCUT2D eigenvalue weighted by molar-refractivity contribution is 2.14. The first kappa shape index (κ1) is 16.3. The van der Waals surface area contributed by atoms with Gasteiger partial charge in [-0.25, -0.2) is 0 Å². The van der Waals surface area contributed by atoms with Crippen molar-refractivity contribution in [2.45, 2.75) is 2.10 Å². The zero-order chi connectivity index (χ0) is 9.00. The summed E-state index contributed by atoms with van der Waals surface area (Å²) in [5.74, 6) is 0. The van der Waals surface area contributed by atoms with E-state index >= 15 is 0 Å². The molecule has 0 radical (unpaired) electrons. The molecule has 0 atom stereocenters. The summed E-state index contributed by atoms with van der Waals surface area (Å²) in [6, 6.07) is 0. The first-order valence-electron chi connectivity index (χ1n) is 1.51. The third-order valence-corrected chi connectivity index (χ3v) is 0. The smallest absolute Gasteiger partial charge is 0.0471 e. The van der Waals surface area contributed by atoms with Crippen LogP contribution < -0.4 is 0 Å². The second-order valence-corrected chi connectivity index (χ2v) is 23.1. The van der Waals surface area contributed by atoms with Gasteiger partial charge in [-0.15, -0.1) is 0 Å². The Hall–Kier alpha value is 3.84. The zero-order valence-corrected chi connectivity index (χ0v) is 16.7. The fourth-order valence-corrected chi connectivity index (χ4v) is 0. The molecule has 0 spiro atoms. The standard InChI is InChI=1S/2CBr4/c2*2-1(3,4)5. The summed E-state index contributed by atoms with van der Waals surface area (Å²) in [5, 5.41) is 0. The van der Waals surface area contributed by atoms with E-state index < -0.39 is 0 Å². The predicted octanol–water partition coefficient (Wildman–Crippen LogP) is 6.35. The van der Waals surface area contributed by atoms with Crippen molar-refractivity contribution in [2.75, 3.05) is 0 Å². The molecule has 0 aliphatic heterocycles. The van der Waals surface area contributed by atoms with Gasteiger partial charge in [-0.2, -0.15) is 0 Å². The number of hydrogen-bond acceptors (Lipinski definition) is 0. The van der Waals surface area contributed by atoms with Gasteiger partial charge in [0.1, 0.15) is 0 Å². The number of hydrogen-bond donors (Lipinski definition) is 0. The van der Waals surface area contributed by atoms with Gasteiger partial charge in [-0.05, 0) is 127 Å². The number of rotatable bonds is 0. The maximum atomic E-state index is 3.12. The highest BCUT2D eigenvalue weighted by molar-refractivity contribution is 9.52. The van der Waals surface area contributed by atoms with E-state index in [0.29, 0.717) is 0 Å². The van der Waals surface area contributed by atoms with Gasteiger partial charge in [-0.3, -0.25) is 0 Å². The van der Waals surface area contributed by atoms with E-state index in [9.17, 15) is 0 Å². The average molecular weight is 663 g/mol. The largest absolute Gasteiger partial charge is 0.189 e. The Morgan fingerprint density at radius 2 is 0.400 bits per heavy atom. The number of halogens is 8. The van der Waals surface area contributed by atoms with Crippen molar-refractivity contribution >= 4 is 127 Å². The fraction of sp³-hybridized carbons (Fsp3) is 1.00. The molecule has 0 nitrogen and oxygen atoms in total. The third-order valence-electron chi connectivity index (χ3n) is 0. The molecule has 0 aromatic heterocycles. The normalized spacial score (nSPS) is 12.0. The summed E-state index contributed by atoms with van der Waals surface area (Å²) in [6.07, 6.45) is 0. The second kappa shape index (κ2) is 7.17. The summed E-state index contributed by atoms with van der Waals surface area (Å²) in [4.78, 5) is 0. The molecule has 0 heterocycles. The molecule has 0 saturated carbocycles. The Kier molecular flexibility index (Phi) is 11.7. The molecule has 8 heteroatoms. The van der Waals surface area contributed by atoms with Crippen molar-refractivity contribution in [1.82, 2.24) is 0 Å². The van der Waals surface area contributed by atoms with Crippen molar-refractivity contribution in [3.63, 3.8) is 0 Å². The Bertz CT molecular complexity index is 50.2. The molecule has 0 unspecified atom stereocenters. The van der Waals surface area contributed by atoms with Gasteiger partial charge >= 0.3 is 0 Å². The van der Waals surface area contributed by atoms with Crippen LogP contribution in [0.3, 0.4) is 0 Å². The van der Waals surface area contributed by atoms with E-state index in [1.54, 1.807) is 0 Å². The van der Waals surface area contributed by atoms with Crippen LogP contribution in [0.15, 0.2) is 0 Å². The van der Waals surface area contributed by atoms with Gasteiger partial charge in [0.2, 0.25) is 0 Å². The molecular formula is C2Br8. The molecule has 0 aliphatic rings. The summed E-state index contributed by atoms with van der Waals surface area (Å²) < 4.78 is -0.500. The Morgan fingerprint density at radius 3 is 0.400 bits per heavy atom. The molecule has 0 aromatic rings. The molecule has 0 N–H and O–H groups in total.